The lowest BCUT2D eigenvalue weighted by atomic mass is 10.1. The highest BCUT2D eigenvalue weighted by atomic mass is 16.6. The maximum Gasteiger partial charge on any atom is 0.271 e. The largest absolute Gasteiger partial charge is 0.388 e. The molecule has 2 N–H and O–H groups in total. The minimum atomic E-state index is -0.703. The molecule has 2 aromatic rings. The van der Waals surface area contributed by atoms with Crippen molar-refractivity contribution in [2.24, 2.45) is 0 Å². The van der Waals surface area contributed by atoms with Gasteiger partial charge in [0.1, 0.15) is 0 Å². The van der Waals surface area contributed by atoms with E-state index in [2.05, 4.69) is 9.97 Å². The molecule has 7 nitrogen and oxygen atoms in total. The van der Waals surface area contributed by atoms with Crippen LogP contribution < -0.4 is 4.90 Å². The fourth-order valence-corrected chi connectivity index (χ4v) is 2.37. The van der Waals surface area contributed by atoms with E-state index in [1.165, 1.54) is 12.1 Å². The number of imidazole rings is 1. The molecule has 100 valence electrons. The molecule has 0 spiro atoms. The van der Waals surface area contributed by atoms with E-state index in [0.717, 1.165) is 6.54 Å². The fraction of sp³-hybridized carbons (Fsp3) is 0.417. The first-order chi connectivity index (χ1) is 8.94. The van der Waals surface area contributed by atoms with Gasteiger partial charge in [-0.25, -0.2) is 4.98 Å². The molecular weight excluding hydrogens is 248 g/mol. The van der Waals surface area contributed by atoms with Gasteiger partial charge in [0.05, 0.1) is 21.6 Å². The molecule has 7 heteroatoms. The molecule has 0 bridgehead atoms. The normalized spacial score (nSPS) is 23.2. The summed E-state index contributed by atoms with van der Waals surface area (Å²) in [6, 6.07) is 4.54. The summed E-state index contributed by atoms with van der Waals surface area (Å²) in [6.07, 6.45) is 0.685. The highest BCUT2D eigenvalue weighted by Crippen LogP contribution is 2.27. The summed E-state index contributed by atoms with van der Waals surface area (Å²) in [4.78, 5) is 19.7. The molecule has 1 atom stereocenters. The topological polar surface area (TPSA) is 95.3 Å². The van der Waals surface area contributed by atoms with Crippen molar-refractivity contribution < 1.29 is 10.0 Å². The number of β-amino-alcohol motifs (C(OH)–C–C–N with tert-alkyl or cyclic N) is 1. The van der Waals surface area contributed by atoms with Gasteiger partial charge in [-0.2, -0.15) is 0 Å². The summed E-state index contributed by atoms with van der Waals surface area (Å²) in [5.41, 5.74) is 0.657. The molecule has 3 rings (SSSR count). The van der Waals surface area contributed by atoms with E-state index in [1.54, 1.807) is 13.0 Å². The van der Waals surface area contributed by atoms with Crippen LogP contribution in [0.15, 0.2) is 18.2 Å². The van der Waals surface area contributed by atoms with Crippen LogP contribution >= 0.6 is 0 Å². The molecule has 1 fully saturated rings. The van der Waals surface area contributed by atoms with Crippen molar-refractivity contribution in [3.05, 3.63) is 28.3 Å². The number of non-ortho nitro benzene ring substituents is 1. The first-order valence-electron chi connectivity index (χ1n) is 6.06. The SMILES string of the molecule is CC1(O)CCN(c2nc3ccc([N+](=O)[O-])cc3[nH]2)C1. The summed E-state index contributed by atoms with van der Waals surface area (Å²) in [6.45, 7) is 3.02. The van der Waals surface area contributed by atoms with E-state index >= 15 is 0 Å². The molecule has 1 aromatic carbocycles. The zero-order valence-electron chi connectivity index (χ0n) is 10.5. The number of fused-ring (bicyclic) bond motifs is 1. The number of nitro benzene ring substituents is 1. The Morgan fingerprint density at radius 1 is 1.58 bits per heavy atom. The first kappa shape index (κ1) is 11.9. The monoisotopic (exact) mass is 262 g/mol. The van der Waals surface area contributed by atoms with E-state index < -0.39 is 10.5 Å². The standard InChI is InChI=1S/C12H14N4O3/c1-12(17)4-5-15(7-12)11-13-9-3-2-8(16(18)19)6-10(9)14-11/h2-3,6,17H,4-5,7H2,1H3,(H,13,14). The molecule has 0 radical (unpaired) electrons. The van der Waals surface area contributed by atoms with Crippen LogP contribution in [0.2, 0.25) is 0 Å². The van der Waals surface area contributed by atoms with Crippen LogP contribution in [0.3, 0.4) is 0 Å². The summed E-state index contributed by atoms with van der Waals surface area (Å²) in [5.74, 6) is 0.647. The summed E-state index contributed by atoms with van der Waals surface area (Å²) < 4.78 is 0. The van der Waals surface area contributed by atoms with Crippen molar-refractivity contribution in [1.29, 1.82) is 0 Å². The minimum Gasteiger partial charge on any atom is -0.388 e. The Labute approximate surface area is 109 Å². The van der Waals surface area contributed by atoms with E-state index in [9.17, 15) is 15.2 Å². The highest BCUT2D eigenvalue weighted by molar-refractivity contribution is 5.80. The van der Waals surface area contributed by atoms with Crippen molar-refractivity contribution in [1.82, 2.24) is 9.97 Å². The number of hydrogen-bond donors (Lipinski definition) is 2. The van der Waals surface area contributed by atoms with Crippen LogP contribution in [0.25, 0.3) is 11.0 Å². The fourth-order valence-electron chi connectivity index (χ4n) is 2.37. The number of rotatable bonds is 2. The van der Waals surface area contributed by atoms with Crippen LogP contribution in [-0.2, 0) is 0 Å². The van der Waals surface area contributed by atoms with Gasteiger partial charge in [0.15, 0.2) is 0 Å². The van der Waals surface area contributed by atoms with Gasteiger partial charge in [0, 0.05) is 25.2 Å². The second-order valence-electron chi connectivity index (χ2n) is 5.19. The van der Waals surface area contributed by atoms with Crippen molar-refractivity contribution in [2.45, 2.75) is 18.9 Å². The lowest BCUT2D eigenvalue weighted by molar-refractivity contribution is -0.384. The van der Waals surface area contributed by atoms with E-state index in [0.29, 0.717) is 29.9 Å². The van der Waals surface area contributed by atoms with Crippen LogP contribution in [0.5, 0.6) is 0 Å². The van der Waals surface area contributed by atoms with E-state index in [1.807, 2.05) is 4.90 Å². The van der Waals surface area contributed by atoms with Gasteiger partial charge in [0.2, 0.25) is 5.95 Å². The molecule has 1 saturated heterocycles. The second-order valence-corrected chi connectivity index (χ2v) is 5.19. The molecule has 2 heterocycles. The van der Waals surface area contributed by atoms with Gasteiger partial charge in [-0.3, -0.25) is 10.1 Å². The summed E-state index contributed by atoms with van der Waals surface area (Å²) in [7, 11) is 0. The van der Waals surface area contributed by atoms with E-state index in [4.69, 9.17) is 0 Å². The summed E-state index contributed by atoms with van der Waals surface area (Å²) in [5, 5.41) is 20.7. The van der Waals surface area contributed by atoms with Gasteiger partial charge < -0.3 is 15.0 Å². The maximum atomic E-state index is 10.7. The maximum absolute atomic E-state index is 10.7. The molecule has 1 aromatic heterocycles. The average molecular weight is 262 g/mol. The Balaban J connectivity index is 1.96. The third-order valence-electron chi connectivity index (χ3n) is 3.42. The Morgan fingerprint density at radius 3 is 3.00 bits per heavy atom. The number of nitro groups is 1. The van der Waals surface area contributed by atoms with Gasteiger partial charge in [-0.1, -0.05) is 0 Å². The third kappa shape index (κ3) is 2.12. The molecule has 1 aliphatic heterocycles. The molecule has 19 heavy (non-hydrogen) atoms. The Morgan fingerprint density at radius 2 is 2.37 bits per heavy atom. The molecule has 0 aliphatic carbocycles. The quantitative estimate of drug-likeness (QED) is 0.630. The number of aromatic nitrogens is 2. The smallest absolute Gasteiger partial charge is 0.271 e. The first-order valence-corrected chi connectivity index (χ1v) is 6.06. The molecule has 1 aliphatic rings. The van der Waals surface area contributed by atoms with Crippen molar-refractivity contribution in [3.63, 3.8) is 0 Å². The zero-order chi connectivity index (χ0) is 13.6. The van der Waals surface area contributed by atoms with Crippen LogP contribution in [0.4, 0.5) is 11.6 Å². The minimum absolute atomic E-state index is 0.0381. The van der Waals surface area contributed by atoms with Gasteiger partial charge in [0.25, 0.3) is 5.69 Å². The number of benzene rings is 1. The van der Waals surface area contributed by atoms with Crippen LogP contribution in [0.1, 0.15) is 13.3 Å². The molecule has 0 amide bonds. The number of hydrogen-bond acceptors (Lipinski definition) is 5. The predicted molar refractivity (Wildman–Crippen MR) is 70.2 cm³/mol. The molecule has 1 unspecified atom stereocenters. The number of nitrogens with one attached hydrogen (secondary N) is 1. The number of aliphatic hydroxyl groups is 1. The van der Waals surface area contributed by atoms with Gasteiger partial charge in [-0.05, 0) is 19.4 Å². The average Bonchev–Trinajstić information content (AvgIpc) is 2.90. The lowest BCUT2D eigenvalue weighted by Crippen LogP contribution is -2.30. The molecular formula is C12H14N4O3. The number of H-pyrrole nitrogens is 1. The van der Waals surface area contributed by atoms with Crippen LogP contribution in [-0.4, -0.2) is 38.7 Å². The third-order valence-corrected chi connectivity index (χ3v) is 3.42. The second kappa shape index (κ2) is 3.92. The number of anilines is 1. The van der Waals surface area contributed by atoms with E-state index in [-0.39, 0.29) is 5.69 Å². The van der Waals surface area contributed by atoms with Gasteiger partial charge >= 0.3 is 0 Å². The zero-order valence-corrected chi connectivity index (χ0v) is 10.5. The van der Waals surface area contributed by atoms with Crippen molar-refractivity contribution in [3.8, 4) is 0 Å². The van der Waals surface area contributed by atoms with Gasteiger partial charge in [-0.15, -0.1) is 0 Å². The molecule has 0 saturated carbocycles. The number of nitrogens with zero attached hydrogens (tertiary/aromatic N) is 3. The van der Waals surface area contributed by atoms with Crippen molar-refractivity contribution >= 4 is 22.7 Å². The van der Waals surface area contributed by atoms with Crippen molar-refractivity contribution in [2.75, 3.05) is 18.0 Å². The predicted octanol–water partition coefficient (Wildman–Crippen LogP) is 1.43. The Kier molecular flexibility index (Phi) is 2.46. The Hall–Kier alpha value is -2.15. The number of aromatic amines is 1. The lowest BCUT2D eigenvalue weighted by Gasteiger charge is -2.17. The van der Waals surface area contributed by atoms with Crippen LogP contribution in [0, 0.1) is 10.1 Å². The summed E-state index contributed by atoms with van der Waals surface area (Å²) >= 11 is 0. The Bertz CT molecular complexity index is 649. The highest BCUT2D eigenvalue weighted by Gasteiger charge is 2.32.